The smallest absolute Gasteiger partial charge is 0.276 e. The first-order valence-electron chi connectivity index (χ1n) is 9.79. The highest BCUT2D eigenvalue weighted by Gasteiger charge is 2.31. The average molecular weight is 427 g/mol. The Balaban J connectivity index is 1.37. The number of likely N-dealkylation sites (tertiary alicyclic amines) is 1. The summed E-state index contributed by atoms with van der Waals surface area (Å²) in [5.74, 6) is -2.37. The molecular formula is C22H19F2N3O4. The third-order valence-corrected chi connectivity index (χ3v) is 5.05. The Morgan fingerprint density at radius 1 is 1.13 bits per heavy atom. The number of rotatable bonds is 6. The van der Waals surface area contributed by atoms with E-state index in [0.717, 1.165) is 12.1 Å². The molecule has 3 heterocycles. The van der Waals surface area contributed by atoms with Crippen LogP contribution >= 0.6 is 0 Å². The number of aromatic nitrogens is 2. The molecular weight excluding hydrogens is 408 g/mol. The van der Waals surface area contributed by atoms with Crippen LogP contribution < -0.4 is 4.74 Å². The van der Waals surface area contributed by atoms with E-state index in [1.165, 1.54) is 12.1 Å². The zero-order chi connectivity index (χ0) is 21.8. The number of amides is 1. The van der Waals surface area contributed by atoms with Gasteiger partial charge in [0.25, 0.3) is 5.91 Å². The predicted octanol–water partition coefficient (Wildman–Crippen LogP) is 3.66. The number of nitrogens with zero attached hydrogens (tertiary/aromatic N) is 3. The fraction of sp³-hybridized carbons (Fsp3) is 0.273. The Morgan fingerprint density at radius 2 is 2.00 bits per heavy atom. The van der Waals surface area contributed by atoms with Gasteiger partial charge in [-0.3, -0.25) is 14.6 Å². The molecule has 1 aliphatic heterocycles. The van der Waals surface area contributed by atoms with Crippen LogP contribution in [0.2, 0.25) is 0 Å². The Morgan fingerprint density at radius 3 is 2.77 bits per heavy atom. The quantitative estimate of drug-likeness (QED) is 0.558. The number of Topliss-reactive ketones (excluding diaryl/α,β-unsaturated/α-hetero) is 1. The van der Waals surface area contributed by atoms with Crippen LogP contribution in [0.3, 0.4) is 0 Å². The number of benzene rings is 1. The van der Waals surface area contributed by atoms with Gasteiger partial charge in [-0.25, -0.2) is 8.78 Å². The van der Waals surface area contributed by atoms with Gasteiger partial charge < -0.3 is 14.2 Å². The van der Waals surface area contributed by atoms with Crippen molar-refractivity contribution in [2.24, 2.45) is 5.92 Å². The molecule has 160 valence electrons. The third kappa shape index (κ3) is 4.76. The van der Waals surface area contributed by atoms with Crippen molar-refractivity contribution in [3.63, 3.8) is 0 Å². The predicted molar refractivity (Wildman–Crippen MR) is 104 cm³/mol. The number of carbonyl (C=O) groups excluding carboxylic acids is 2. The van der Waals surface area contributed by atoms with E-state index in [1.807, 2.05) is 0 Å². The summed E-state index contributed by atoms with van der Waals surface area (Å²) in [5, 5.41) is 3.79. The number of pyridine rings is 1. The van der Waals surface area contributed by atoms with Gasteiger partial charge in [-0.1, -0.05) is 11.2 Å². The van der Waals surface area contributed by atoms with Gasteiger partial charge in [0.15, 0.2) is 28.9 Å². The molecule has 0 N–H and O–H groups in total. The number of hydrogen-bond acceptors (Lipinski definition) is 6. The lowest BCUT2D eigenvalue weighted by Gasteiger charge is -2.31. The van der Waals surface area contributed by atoms with E-state index in [-0.39, 0.29) is 48.0 Å². The molecule has 31 heavy (non-hydrogen) atoms. The standard InChI is InChI=1S/C22H19F2N3O4/c23-17-7-6-15(10-18(17)24)30-13-16-11-20(26-31-16)22(29)27-9-3-4-14(12-27)21(28)19-5-1-2-8-25-19/h1-2,5-8,10-11,14H,3-4,9,12-13H2/t14-/m0/s1. The molecule has 3 aromatic rings. The highest BCUT2D eigenvalue weighted by Crippen LogP contribution is 2.22. The van der Waals surface area contributed by atoms with Crippen LogP contribution in [0.4, 0.5) is 8.78 Å². The van der Waals surface area contributed by atoms with Gasteiger partial charge in [-0.05, 0) is 37.1 Å². The second-order valence-corrected chi connectivity index (χ2v) is 7.21. The van der Waals surface area contributed by atoms with Gasteiger partial charge in [0, 0.05) is 37.3 Å². The second-order valence-electron chi connectivity index (χ2n) is 7.21. The van der Waals surface area contributed by atoms with Gasteiger partial charge >= 0.3 is 0 Å². The molecule has 1 aliphatic rings. The van der Waals surface area contributed by atoms with Crippen molar-refractivity contribution in [2.45, 2.75) is 19.4 Å². The molecule has 0 saturated carbocycles. The van der Waals surface area contributed by atoms with Crippen LogP contribution in [0.5, 0.6) is 5.75 Å². The van der Waals surface area contributed by atoms with E-state index in [1.54, 1.807) is 29.3 Å². The van der Waals surface area contributed by atoms with Crippen molar-refractivity contribution in [3.05, 3.63) is 77.4 Å². The summed E-state index contributed by atoms with van der Waals surface area (Å²) in [5.41, 5.74) is 0.481. The maximum absolute atomic E-state index is 13.2. The molecule has 0 spiro atoms. The Labute approximate surface area is 176 Å². The van der Waals surface area contributed by atoms with Crippen molar-refractivity contribution in [3.8, 4) is 5.75 Å². The first-order valence-corrected chi connectivity index (χ1v) is 9.79. The minimum atomic E-state index is -1.02. The number of halogens is 2. The molecule has 0 unspecified atom stereocenters. The zero-order valence-corrected chi connectivity index (χ0v) is 16.5. The molecule has 0 bridgehead atoms. The summed E-state index contributed by atoms with van der Waals surface area (Å²) in [7, 11) is 0. The minimum absolute atomic E-state index is 0.0844. The SMILES string of the molecule is O=C(c1ccccn1)[C@H]1CCCN(C(=O)c2cc(COc3ccc(F)c(F)c3)on2)C1. The molecule has 7 nitrogen and oxygen atoms in total. The monoisotopic (exact) mass is 427 g/mol. The fourth-order valence-electron chi connectivity index (χ4n) is 3.46. The summed E-state index contributed by atoms with van der Waals surface area (Å²) in [6.07, 6.45) is 2.95. The Kier molecular flexibility index (Phi) is 6.01. The van der Waals surface area contributed by atoms with Gasteiger partial charge in [-0.2, -0.15) is 0 Å². The summed E-state index contributed by atoms with van der Waals surface area (Å²) in [6.45, 7) is 0.687. The van der Waals surface area contributed by atoms with Gasteiger partial charge in [0.2, 0.25) is 0 Å². The van der Waals surface area contributed by atoms with Crippen molar-refractivity contribution in [2.75, 3.05) is 13.1 Å². The minimum Gasteiger partial charge on any atom is -0.485 e. The lowest BCUT2D eigenvalue weighted by Crippen LogP contribution is -2.42. The number of ether oxygens (including phenoxy) is 1. The molecule has 4 rings (SSSR count). The molecule has 2 aromatic heterocycles. The lowest BCUT2D eigenvalue weighted by molar-refractivity contribution is 0.0627. The molecule has 9 heteroatoms. The fourth-order valence-corrected chi connectivity index (χ4v) is 3.46. The molecule has 1 amide bonds. The number of piperidine rings is 1. The lowest BCUT2D eigenvalue weighted by atomic mass is 9.91. The maximum Gasteiger partial charge on any atom is 0.276 e. The van der Waals surface area contributed by atoms with Crippen molar-refractivity contribution >= 4 is 11.7 Å². The summed E-state index contributed by atoms with van der Waals surface area (Å²) >= 11 is 0. The van der Waals surface area contributed by atoms with Crippen molar-refractivity contribution in [1.29, 1.82) is 0 Å². The van der Waals surface area contributed by atoms with E-state index in [9.17, 15) is 18.4 Å². The topological polar surface area (TPSA) is 85.5 Å². The second kappa shape index (κ2) is 9.03. The van der Waals surface area contributed by atoms with E-state index >= 15 is 0 Å². The van der Waals surface area contributed by atoms with E-state index in [2.05, 4.69) is 10.1 Å². The molecule has 1 saturated heterocycles. The highest BCUT2D eigenvalue weighted by atomic mass is 19.2. The molecule has 1 atom stereocenters. The van der Waals surface area contributed by atoms with E-state index in [0.29, 0.717) is 25.1 Å². The van der Waals surface area contributed by atoms with Crippen LogP contribution in [0.1, 0.15) is 39.6 Å². The summed E-state index contributed by atoms with van der Waals surface area (Å²) in [4.78, 5) is 31.2. The largest absolute Gasteiger partial charge is 0.485 e. The zero-order valence-electron chi connectivity index (χ0n) is 16.5. The molecule has 0 aliphatic carbocycles. The van der Waals surface area contributed by atoms with Crippen molar-refractivity contribution < 1.29 is 27.6 Å². The van der Waals surface area contributed by atoms with Crippen molar-refractivity contribution in [1.82, 2.24) is 15.0 Å². The van der Waals surface area contributed by atoms with Crippen LogP contribution in [-0.4, -0.2) is 39.8 Å². The van der Waals surface area contributed by atoms with Gasteiger partial charge in [-0.15, -0.1) is 0 Å². The summed E-state index contributed by atoms with van der Waals surface area (Å²) in [6, 6.07) is 9.76. The van der Waals surface area contributed by atoms with Crippen LogP contribution in [0.15, 0.2) is 53.2 Å². The van der Waals surface area contributed by atoms with E-state index in [4.69, 9.17) is 9.26 Å². The summed E-state index contributed by atoms with van der Waals surface area (Å²) < 4.78 is 36.7. The van der Waals surface area contributed by atoms with Gasteiger partial charge in [0.1, 0.15) is 18.1 Å². The number of carbonyl (C=O) groups is 2. The normalized spacial score (nSPS) is 16.2. The van der Waals surface area contributed by atoms with E-state index < -0.39 is 11.6 Å². The average Bonchev–Trinajstić information content (AvgIpc) is 3.28. The van der Waals surface area contributed by atoms with Crippen LogP contribution in [0.25, 0.3) is 0 Å². The molecule has 1 aromatic carbocycles. The highest BCUT2D eigenvalue weighted by molar-refractivity contribution is 5.97. The number of hydrogen-bond donors (Lipinski definition) is 0. The third-order valence-electron chi connectivity index (χ3n) is 5.05. The first-order chi connectivity index (χ1) is 15.0. The Bertz CT molecular complexity index is 1090. The Hall–Kier alpha value is -3.62. The number of ketones is 1. The van der Waals surface area contributed by atoms with Crippen LogP contribution in [0, 0.1) is 17.6 Å². The van der Waals surface area contributed by atoms with Gasteiger partial charge in [0.05, 0.1) is 0 Å². The molecule has 1 fully saturated rings. The maximum atomic E-state index is 13.2. The molecule has 0 radical (unpaired) electrons. The van der Waals surface area contributed by atoms with Crippen LogP contribution in [-0.2, 0) is 6.61 Å². The first kappa shape index (κ1) is 20.6.